The Morgan fingerprint density at radius 1 is 1.52 bits per heavy atom. The number of hydrogen-bond donors (Lipinski definition) is 1. The first kappa shape index (κ1) is 13.4. The summed E-state index contributed by atoms with van der Waals surface area (Å²) >= 11 is 0. The van der Waals surface area contributed by atoms with E-state index in [1.165, 1.54) is 16.8 Å². The monoisotopic (exact) mass is 291 g/mol. The maximum Gasteiger partial charge on any atom is 0.327 e. The fourth-order valence-electron chi connectivity index (χ4n) is 2.21. The van der Waals surface area contributed by atoms with Crippen molar-refractivity contribution in [1.29, 1.82) is 0 Å². The van der Waals surface area contributed by atoms with Crippen molar-refractivity contribution in [3.8, 4) is 5.75 Å². The molecule has 3 rings (SSSR count). The van der Waals surface area contributed by atoms with Crippen molar-refractivity contribution in [3.63, 3.8) is 0 Å². The fourth-order valence-corrected chi connectivity index (χ4v) is 2.21. The zero-order valence-electron chi connectivity index (χ0n) is 11.2. The molecule has 6 nitrogen and oxygen atoms in total. The van der Waals surface area contributed by atoms with Crippen LogP contribution in [0.4, 0.5) is 10.2 Å². The van der Waals surface area contributed by atoms with Gasteiger partial charge in [0.1, 0.15) is 36.6 Å². The largest absolute Gasteiger partial charge is 0.486 e. The SMILES string of the molecule is Nc1ccn(CC(=O)OCC2Cc3cc(F)ccc3O2)n1. The molecule has 0 saturated heterocycles. The third-order valence-electron chi connectivity index (χ3n) is 3.15. The van der Waals surface area contributed by atoms with Gasteiger partial charge in [0.25, 0.3) is 0 Å². The molecule has 1 aromatic carbocycles. The highest BCUT2D eigenvalue weighted by atomic mass is 19.1. The highest BCUT2D eigenvalue weighted by Gasteiger charge is 2.24. The number of benzene rings is 1. The number of carbonyl (C=O) groups excluding carboxylic acids is 1. The number of nitrogens with two attached hydrogens (primary N) is 1. The molecular weight excluding hydrogens is 277 g/mol. The van der Waals surface area contributed by atoms with Gasteiger partial charge in [-0.3, -0.25) is 9.48 Å². The van der Waals surface area contributed by atoms with Crippen LogP contribution in [0.25, 0.3) is 0 Å². The summed E-state index contributed by atoms with van der Waals surface area (Å²) in [6, 6.07) is 5.95. The van der Waals surface area contributed by atoms with E-state index in [0.29, 0.717) is 18.0 Å². The topological polar surface area (TPSA) is 79.4 Å². The van der Waals surface area contributed by atoms with Crippen molar-refractivity contribution < 1.29 is 18.7 Å². The molecule has 0 radical (unpaired) electrons. The van der Waals surface area contributed by atoms with Crippen LogP contribution < -0.4 is 10.5 Å². The molecule has 0 amide bonds. The van der Waals surface area contributed by atoms with Gasteiger partial charge in [-0.15, -0.1) is 0 Å². The van der Waals surface area contributed by atoms with Crippen molar-refractivity contribution in [3.05, 3.63) is 41.8 Å². The molecule has 0 bridgehead atoms. The second-order valence-electron chi connectivity index (χ2n) is 4.82. The number of aromatic nitrogens is 2. The number of ether oxygens (including phenoxy) is 2. The summed E-state index contributed by atoms with van der Waals surface area (Å²) in [6.45, 7) is 0.109. The molecule has 0 spiro atoms. The van der Waals surface area contributed by atoms with Gasteiger partial charge in [-0.05, 0) is 24.3 Å². The van der Waals surface area contributed by atoms with E-state index in [9.17, 15) is 9.18 Å². The lowest BCUT2D eigenvalue weighted by Gasteiger charge is -2.11. The Morgan fingerprint density at radius 2 is 2.38 bits per heavy atom. The van der Waals surface area contributed by atoms with E-state index in [1.54, 1.807) is 18.3 Å². The van der Waals surface area contributed by atoms with Gasteiger partial charge in [-0.25, -0.2) is 4.39 Å². The van der Waals surface area contributed by atoms with Crippen LogP contribution >= 0.6 is 0 Å². The molecule has 110 valence electrons. The zero-order valence-corrected chi connectivity index (χ0v) is 11.2. The first-order valence-electron chi connectivity index (χ1n) is 6.50. The van der Waals surface area contributed by atoms with Gasteiger partial charge >= 0.3 is 5.97 Å². The van der Waals surface area contributed by atoms with Gasteiger partial charge in [0, 0.05) is 18.2 Å². The molecule has 1 aromatic heterocycles. The second kappa shape index (κ2) is 5.43. The van der Waals surface area contributed by atoms with Gasteiger partial charge in [-0.1, -0.05) is 0 Å². The molecule has 0 fully saturated rings. The summed E-state index contributed by atoms with van der Waals surface area (Å²) in [6.07, 6.45) is 1.84. The Kier molecular flexibility index (Phi) is 3.47. The molecule has 1 aliphatic rings. The molecule has 0 aliphatic carbocycles. The number of anilines is 1. The summed E-state index contributed by atoms with van der Waals surface area (Å²) in [4.78, 5) is 11.7. The van der Waals surface area contributed by atoms with Crippen LogP contribution in [0, 0.1) is 5.82 Å². The summed E-state index contributed by atoms with van der Waals surface area (Å²) in [5.74, 6) is 0.256. The van der Waals surface area contributed by atoms with Crippen LogP contribution in [0.3, 0.4) is 0 Å². The average Bonchev–Trinajstić information content (AvgIpc) is 3.02. The van der Waals surface area contributed by atoms with E-state index in [-0.39, 0.29) is 25.1 Å². The number of fused-ring (bicyclic) bond motifs is 1. The molecule has 7 heteroatoms. The van der Waals surface area contributed by atoms with E-state index in [4.69, 9.17) is 15.2 Å². The Bertz CT molecular complexity index is 671. The number of hydrogen-bond acceptors (Lipinski definition) is 5. The summed E-state index contributed by atoms with van der Waals surface area (Å²) in [5, 5.41) is 3.89. The van der Waals surface area contributed by atoms with Gasteiger partial charge in [-0.2, -0.15) is 5.10 Å². The van der Waals surface area contributed by atoms with Crippen molar-refractivity contribution in [1.82, 2.24) is 9.78 Å². The van der Waals surface area contributed by atoms with Crippen molar-refractivity contribution in [2.45, 2.75) is 19.1 Å². The van der Waals surface area contributed by atoms with Crippen LogP contribution in [0.15, 0.2) is 30.5 Å². The Labute approximate surface area is 120 Å². The minimum absolute atomic E-state index is 0.00844. The number of esters is 1. The van der Waals surface area contributed by atoms with Crippen molar-refractivity contribution in [2.24, 2.45) is 0 Å². The normalized spacial score (nSPS) is 16.3. The lowest BCUT2D eigenvalue weighted by atomic mass is 10.1. The Hall–Kier alpha value is -2.57. The predicted octanol–water partition coefficient (Wildman–Crippen LogP) is 1.15. The summed E-state index contributed by atoms with van der Waals surface area (Å²) in [5.41, 5.74) is 6.24. The number of carbonyl (C=O) groups is 1. The van der Waals surface area contributed by atoms with Crippen LogP contribution in [-0.4, -0.2) is 28.5 Å². The lowest BCUT2D eigenvalue weighted by molar-refractivity contribution is -0.146. The number of nitrogen functional groups attached to an aromatic ring is 1. The molecule has 2 aromatic rings. The second-order valence-corrected chi connectivity index (χ2v) is 4.82. The number of nitrogens with zero attached hydrogens (tertiary/aromatic N) is 2. The van der Waals surface area contributed by atoms with Gasteiger partial charge in [0.2, 0.25) is 0 Å². The molecule has 2 heterocycles. The highest BCUT2D eigenvalue weighted by Crippen LogP contribution is 2.29. The molecular formula is C14H14FN3O3. The third-order valence-corrected chi connectivity index (χ3v) is 3.15. The fraction of sp³-hybridized carbons (Fsp3) is 0.286. The first-order valence-corrected chi connectivity index (χ1v) is 6.50. The number of halogens is 1. The quantitative estimate of drug-likeness (QED) is 0.855. The maximum absolute atomic E-state index is 13.1. The van der Waals surface area contributed by atoms with Crippen LogP contribution in [0.5, 0.6) is 5.75 Å². The van der Waals surface area contributed by atoms with E-state index >= 15 is 0 Å². The third kappa shape index (κ3) is 3.13. The van der Waals surface area contributed by atoms with Crippen molar-refractivity contribution >= 4 is 11.8 Å². The van der Waals surface area contributed by atoms with Crippen molar-refractivity contribution in [2.75, 3.05) is 12.3 Å². The maximum atomic E-state index is 13.1. The van der Waals surface area contributed by atoms with Crippen LogP contribution in [0.2, 0.25) is 0 Å². The van der Waals surface area contributed by atoms with E-state index in [2.05, 4.69) is 5.10 Å². The van der Waals surface area contributed by atoms with Gasteiger partial charge < -0.3 is 15.2 Å². The van der Waals surface area contributed by atoms with Gasteiger partial charge in [0.05, 0.1) is 0 Å². The lowest BCUT2D eigenvalue weighted by Crippen LogP contribution is -2.24. The smallest absolute Gasteiger partial charge is 0.327 e. The van der Waals surface area contributed by atoms with E-state index in [0.717, 1.165) is 5.56 Å². The Balaban J connectivity index is 1.49. The molecule has 1 aliphatic heterocycles. The van der Waals surface area contributed by atoms with E-state index < -0.39 is 5.97 Å². The number of rotatable bonds is 4. The van der Waals surface area contributed by atoms with E-state index in [1.807, 2.05) is 0 Å². The summed E-state index contributed by atoms with van der Waals surface area (Å²) in [7, 11) is 0. The average molecular weight is 291 g/mol. The highest BCUT2D eigenvalue weighted by molar-refractivity contribution is 5.69. The first-order chi connectivity index (χ1) is 10.1. The Morgan fingerprint density at radius 3 is 3.14 bits per heavy atom. The molecule has 0 saturated carbocycles. The molecule has 1 unspecified atom stereocenters. The van der Waals surface area contributed by atoms with Crippen LogP contribution in [0.1, 0.15) is 5.56 Å². The zero-order chi connectivity index (χ0) is 14.8. The predicted molar refractivity (Wildman–Crippen MR) is 72.1 cm³/mol. The van der Waals surface area contributed by atoms with Crippen LogP contribution in [-0.2, 0) is 22.5 Å². The molecule has 1 atom stereocenters. The minimum Gasteiger partial charge on any atom is -0.486 e. The van der Waals surface area contributed by atoms with Gasteiger partial charge in [0.15, 0.2) is 0 Å². The minimum atomic E-state index is -0.427. The molecule has 21 heavy (non-hydrogen) atoms. The summed E-state index contributed by atoms with van der Waals surface area (Å²) < 4.78 is 25.2. The molecule has 2 N–H and O–H groups in total. The standard InChI is InChI=1S/C14H14FN3O3/c15-10-1-2-12-9(5-10)6-11(21-12)8-20-14(19)7-18-4-3-13(16)17-18/h1-5,11H,6-8H2,(H2,16,17).